The van der Waals surface area contributed by atoms with Crippen LogP contribution >= 0.6 is 0 Å². The van der Waals surface area contributed by atoms with Crippen LogP contribution in [0.1, 0.15) is 12.8 Å². The Hall–Kier alpha value is -2.07. The molecule has 0 bridgehead atoms. The fraction of sp³-hybridized carbons (Fsp3) is 0.467. The zero-order chi connectivity index (χ0) is 18.6. The molecule has 1 fully saturated rings. The summed E-state index contributed by atoms with van der Waals surface area (Å²) in [5, 5.41) is 11.4. The maximum Gasteiger partial charge on any atom is 0.341 e. The minimum Gasteiger partial charge on any atom is -0.481 e. The van der Waals surface area contributed by atoms with Crippen molar-refractivity contribution in [1.29, 1.82) is 0 Å². The summed E-state index contributed by atoms with van der Waals surface area (Å²) in [6, 6.07) is 4.93. The van der Waals surface area contributed by atoms with Gasteiger partial charge in [0, 0.05) is 6.54 Å². The standard InChI is InChI=1S/C15H18F2N2O5S/c16-15(17)25(23,24)12-6-2-1-5-11(12)18-13(20)9-19-7-3-4-10(8-19)14(21)22/h1-2,5-6,10,15H,3-4,7-9H2,(H,18,20)(H,21,22). The number of hydrogen-bond acceptors (Lipinski definition) is 5. The molecule has 0 radical (unpaired) electrons. The number of aliphatic carboxylic acids is 1. The van der Waals surface area contributed by atoms with Crippen molar-refractivity contribution in [3.05, 3.63) is 24.3 Å². The van der Waals surface area contributed by atoms with E-state index in [9.17, 15) is 26.8 Å². The third-order valence-electron chi connectivity index (χ3n) is 3.92. The second-order valence-corrected chi connectivity index (χ2v) is 7.65. The van der Waals surface area contributed by atoms with Crippen molar-refractivity contribution in [2.24, 2.45) is 5.92 Å². The van der Waals surface area contributed by atoms with Crippen LogP contribution in [0.4, 0.5) is 14.5 Å². The molecule has 1 heterocycles. The SMILES string of the molecule is O=C(CN1CCCC(C(=O)O)C1)Nc1ccccc1S(=O)(=O)C(F)F. The van der Waals surface area contributed by atoms with Crippen LogP contribution in [0.25, 0.3) is 0 Å². The summed E-state index contributed by atoms with van der Waals surface area (Å²) in [6.07, 6.45) is 1.16. The van der Waals surface area contributed by atoms with E-state index in [-0.39, 0.29) is 18.8 Å². The summed E-state index contributed by atoms with van der Waals surface area (Å²) in [5.41, 5.74) is -0.223. The van der Waals surface area contributed by atoms with Gasteiger partial charge in [0.05, 0.1) is 23.0 Å². The topological polar surface area (TPSA) is 104 Å². The number of carboxylic acid groups (broad SMARTS) is 1. The van der Waals surface area contributed by atoms with Gasteiger partial charge in [-0.1, -0.05) is 12.1 Å². The van der Waals surface area contributed by atoms with E-state index in [1.54, 1.807) is 4.90 Å². The van der Waals surface area contributed by atoms with E-state index in [1.807, 2.05) is 0 Å². The molecule has 2 N–H and O–H groups in total. The smallest absolute Gasteiger partial charge is 0.341 e. The highest BCUT2D eigenvalue weighted by atomic mass is 32.2. The number of carbonyl (C=O) groups excluding carboxylic acids is 1. The van der Waals surface area contributed by atoms with E-state index >= 15 is 0 Å². The molecule has 1 aliphatic rings. The first kappa shape index (κ1) is 19.3. The number of para-hydroxylation sites is 1. The number of sulfone groups is 1. The van der Waals surface area contributed by atoms with Crippen LogP contribution in [-0.2, 0) is 19.4 Å². The van der Waals surface area contributed by atoms with Crippen LogP contribution < -0.4 is 5.32 Å². The zero-order valence-electron chi connectivity index (χ0n) is 13.2. The molecule has 0 aliphatic carbocycles. The third kappa shape index (κ3) is 4.73. The Morgan fingerprint density at radius 3 is 2.64 bits per heavy atom. The number of rotatable bonds is 6. The van der Waals surface area contributed by atoms with Crippen molar-refractivity contribution in [2.45, 2.75) is 23.5 Å². The number of carbonyl (C=O) groups is 2. The van der Waals surface area contributed by atoms with Crippen molar-refractivity contribution in [3.63, 3.8) is 0 Å². The fourth-order valence-electron chi connectivity index (χ4n) is 2.71. The number of likely N-dealkylation sites (tertiary alicyclic amines) is 1. The highest BCUT2D eigenvalue weighted by molar-refractivity contribution is 7.91. The van der Waals surface area contributed by atoms with Gasteiger partial charge in [0.15, 0.2) is 0 Å². The Bertz CT molecular complexity index is 754. The molecule has 25 heavy (non-hydrogen) atoms. The van der Waals surface area contributed by atoms with Crippen LogP contribution in [0.3, 0.4) is 0 Å². The van der Waals surface area contributed by atoms with Gasteiger partial charge in [0.2, 0.25) is 15.7 Å². The molecule has 0 saturated carbocycles. The molecule has 138 valence electrons. The minimum atomic E-state index is -4.85. The highest BCUT2D eigenvalue weighted by Crippen LogP contribution is 2.26. The number of piperidine rings is 1. The van der Waals surface area contributed by atoms with Crippen molar-refractivity contribution in [2.75, 3.05) is 25.0 Å². The van der Waals surface area contributed by atoms with Gasteiger partial charge < -0.3 is 10.4 Å². The molecular formula is C15H18F2N2O5S. The molecule has 10 heteroatoms. The molecule has 1 saturated heterocycles. The molecule has 1 atom stereocenters. The molecule has 1 unspecified atom stereocenters. The summed E-state index contributed by atoms with van der Waals surface area (Å²) in [4.78, 5) is 24.1. The summed E-state index contributed by atoms with van der Waals surface area (Å²) in [7, 11) is -4.85. The lowest BCUT2D eigenvalue weighted by molar-refractivity contribution is -0.144. The van der Waals surface area contributed by atoms with Crippen molar-refractivity contribution in [3.8, 4) is 0 Å². The van der Waals surface area contributed by atoms with E-state index in [0.717, 1.165) is 6.07 Å². The number of halogens is 2. The number of amides is 1. The molecule has 2 rings (SSSR count). The monoisotopic (exact) mass is 376 g/mol. The first-order valence-electron chi connectivity index (χ1n) is 7.58. The Morgan fingerprint density at radius 2 is 2.00 bits per heavy atom. The summed E-state index contributed by atoms with van der Waals surface area (Å²) >= 11 is 0. The molecule has 1 aliphatic heterocycles. The Balaban J connectivity index is 2.08. The second-order valence-electron chi connectivity index (χ2n) is 5.76. The number of carboxylic acids is 1. The highest BCUT2D eigenvalue weighted by Gasteiger charge is 2.30. The number of nitrogens with zero attached hydrogens (tertiary/aromatic N) is 1. The number of anilines is 1. The fourth-order valence-corrected chi connectivity index (χ4v) is 3.59. The van der Waals surface area contributed by atoms with Gasteiger partial charge in [-0.2, -0.15) is 8.78 Å². The normalized spacial score (nSPS) is 18.9. The van der Waals surface area contributed by atoms with Gasteiger partial charge in [-0.05, 0) is 31.5 Å². The third-order valence-corrected chi connectivity index (χ3v) is 5.36. The Labute approximate surface area is 143 Å². The molecule has 7 nitrogen and oxygen atoms in total. The van der Waals surface area contributed by atoms with Crippen molar-refractivity contribution >= 4 is 27.4 Å². The van der Waals surface area contributed by atoms with Crippen LogP contribution in [0.15, 0.2) is 29.2 Å². The van der Waals surface area contributed by atoms with E-state index in [2.05, 4.69) is 5.32 Å². The van der Waals surface area contributed by atoms with Crippen molar-refractivity contribution < 1.29 is 31.9 Å². The first-order chi connectivity index (χ1) is 11.7. The summed E-state index contributed by atoms with van der Waals surface area (Å²) in [6.45, 7) is 0.598. The average Bonchev–Trinajstić information content (AvgIpc) is 2.55. The predicted molar refractivity (Wildman–Crippen MR) is 85.1 cm³/mol. The number of alkyl halides is 2. The summed E-state index contributed by atoms with van der Waals surface area (Å²) in [5.74, 6) is -5.68. The average molecular weight is 376 g/mol. The molecule has 0 spiro atoms. The van der Waals surface area contributed by atoms with Gasteiger partial charge in [-0.3, -0.25) is 14.5 Å². The quantitative estimate of drug-likeness (QED) is 0.778. The van der Waals surface area contributed by atoms with E-state index in [4.69, 9.17) is 5.11 Å². The molecule has 1 aromatic carbocycles. The maximum absolute atomic E-state index is 12.7. The lowest BCUT2D eigenvalue weighted by Gasteiger charge is -2.30. The van der Waals surface area contributed by atoms with Gasteiger partial charge in [-0.25, -0.2) is 8.42 Å². The maximum atomic E-state index is 12.7. The van der Waals surface area contributed by atoms with Crippen molar-refractivity contribution in [1.82, 2.24) is 4.90 Å². The van der Waals surface area contributed by atoms with Crippen LogP contribution in [0.2, 0.25) is 0 Å². The predicted octanol–water partition coefficient (Wildman–Crippen LogP) is 1.42. The minimum absolute atomic E-state index is 0.146. The first-order valence-corrected chi connectivity index (χ1v) is 9.12. The Morgan fingerprint density at radius 1 is 1.32 bits per heavy atom. The summed E-state index contributed by atoms with van der Waals surface area (Å²) < 4.78 is 48.8. The molecular weight excluding hydrogens is 358 g/mol. The van der Waals surface area contributed by atoms with E-state index in [0.29, 0.717) is 19.4 Å². The number of nitrogens with one attached hydrogen (secondary N) is 1. The number of benzene rings is 1. The van der Waals surface area contributed by atoms with Gasteiger partial charge in [-0.15, -0.1) is 0 Å². The zero-order valence-corrected chi connectivity index (χ0v) is 14.0. The molecule has 1 amide bonds. The molecule has 1 aromatic rings. The lowest BCUT2D eigenvalue weighted by Crippen LogP contribution is -2.42. The lowest BCUT2D eigenvalue weighted by atomic mass is 9.98. The van der Waals surface area contributed by atoms with Crippen LogP contribution in [0, 0.1) is 5.92 Å². The number of hydrogen-bond donors (Lipinski definition) is 2. The van der Waals surface area contributed by atoms with E-state index in [1.165, 1.54) is 18.2 Å². The largest absolute Gasteiger partial charge is 0.481 e. The van der Waals surface area contributed by atoms with Crippen LogP contribution in [-0.4, -0.2) is 55.7 Å². The van der Waals surface area contributed by atoms with E-state index < -0.39 is 38.3 Å². The van der Waals surface area contributed by atoms with Gasteiger partial charge in [0.25, 0.3) is 0 Å². The van der Waals surface area contributed by atoms with Gasteiger partial charge >= 0.3 is 11.7 Å². The molecule has 0 aromatic heterocycles. The second kappa shape index (κ2) is 7.87. The van der Waals surface area contributed by atoms with Gasteiger partial charge in [0.1, 0.15) is 0 Å². The van der Waals surface area contributed by atoms with Crippen LogP contribution in [0.5, 0.6) is 0 Å². The Kier molecular flexibility index (Phi) is 6.07.